The van der Waals surface area contributed by atoms with Gasteiger partial charge >= 0.3 is 0 Å². The number of hydrogen-bond donors (Lipinski definition) is 0. The van der Waals surface area contributed by atoms with Crippen LogP contribution in [0.2, 0.25) is 0 Å². The molecule has 0 bridgehead atoms. The number of benzene rings is 11. The largest absolute Gasteiger partial charge is 0.468 e. The van der Waals surface area contributed by atoms with E-state index in [1.54, 1.807) is 0 Å². The number of furan rings is 1. The first-order valence-electron chi connectivity index (χ1n) is 23.5. The molecule has 0 saturated heterocycles. The van der Waals surface area contributed by atoms with E-state index < -0.39 is 0 Å². The van der Waals surface area contributed by atoms with Crippen molar-refractivity contribution in [2.24, 2.45) is 0 Å². The normalized spacial score (nSPS) is 13.3. The zero-order valence-electron chi connectivity index (χ0n) is 37.4. The van der Waals surface area contributed by atoms with Gasteiger partial charge in [-0.1, -0.05) is 167 Å². The summed E-state index contributed by atoms with van der Waals surface area (Å²) in [4.78, 5) is 5.10. The maximum Gasteiger partial charge on any atom is 0.297 e. The van der Waals surface area contributed by atoms with E-state index in [0.717, 1.165) is 33.7 Å². The molecule has 0 unspecified atom stereocenters. The van der Waals surface area contributed by atoms with Crippen LogP contribution in [-0.4, -0.2) is 6.71 Å². The Bertz CT molecular complexity index is 3970. The van der Waals surface area contributed by atoms with Crippen molar-refractivity contribution in [2.45, 2.75) is 39.5 Å². The Morgan fingerprint density at radius 2 is 0.864 bits per heavy atom. The highest BCUT2D eigenvalue weighted by Gasteiger charge is 2.47. The van der Waals surface area contributed by atoms with E-state index in [1.165, 1.54) is 104 Å². The predicted molar refractivity (Wildman–Crippen MR) is 283 cm³/mol. The van der Waals surface area contributed by atoms with Crippen molar-refractivity contribution in [2.75, 3.05) is 9.80 Å². The van der Waals surface area contributed by atoms with Crippen molar-refractivity contribution in [1.29, 1.82) is 0 Å². The van der Waals surface area contributed by atoms with Crippen LogP contribution in [0.25, 0.3) is 75.6 Å². The second kappa shape index (κ2) is 13.8. The van der Waals surface area contributed by atoms with E-state index >= 15 is 0 Å². The quantitative estimate of drug-likeness (QED) is 0.130. The minimum Gasteiger partial charge on any atom is -0.468 e. The summed E-state index contributed by atoms with van der Waals surface area (Å²) >= 11 is 0. The van der Waals surface area contributed by atoms with E-state index in [2.05, 4.69) is 226 Å². The third-order valence-electron chi connectivity index (χ3n) is 14.9. The molecule has 2 aliphatic rings. The van der Waals surface area contributed by atoms with Gasteiger partial charge in [0.2, 0.25) is 0 Å². The van der Waals surface area contributed by atoms with Crippen molar-refractivity contribution in [3.8, 4) is 0 Å². The van der Waals surface area contributed by atoms with Crippen molar-refractivity contribution in [3.05, 3.63) is 199 Å². The van der Waals surface area contributed by atoms with Crippen LogP contribution in [0.5, 0.6) is 0 Å². The van der Waals surface area contributed by atoms with Gasteiger partial charge in [0.1, 0.15) is 5.58 Å². The molecular weight excluding hydrogens is 800 g/mol. The molecule has 0 N–H and O–H groups in total. The Labute approximate surface area is 384 Å². The SMILES string of the molecule is CC(C)c1ccc2c(c1)B1c3oc4ccc(C(C)C)cc4c3N(c3cccc4c5ccccc5c5ccccc5c34)c3cccc(c31)N2c1ccc2c3ccccc3c3ccccc3c2c1. The first kappa shape index (κ1) is 37.5. The lowest BCUT2D eigenvalue weighted by molar-refractivity contribution is 0.651. The van der Waals surface area contributed by atoms with E-state index in [-0.39, 0.29) is 6.71 Å². The van der Waals surface area contributed by atoms with E-state index in [0.29, 0.717) is 11.8 Å². The number of hydrogen-bond acceptors (Lipinski definition) is 3. The molecule has 2 aliphatic heterocycles. The van der Waals surface area contributed by atoms with Crippen LogP contribution in [-0.2, 0) is 0 Å². The Balaban J connectivity index is 1.11. The minimum atomic E-state index is -0.139. The lowest BCUT2D eigenvalue weighted by Crippen LogP contribution is -2.61. The molecule has 0 radical (unpaired) electrons. The van der Waals surface area contributed by atoms with Gasteiger partial charge in [0.05, 0.1) is 17.0 Å². The second-order valence-corrected chi connectivity index (χ2v) is 19.1. The van der Waals surface area contributed by atoms with Gasteiger partial charge in [0.25, 0.3) is 6.71 Å². The molecule has 0 amide bonds. The molecule has 3 nitrogen and oxygen atoms in total. The Hall–Kier alpha value is -7.82. The molecule has 4 heteroatoms. The summed E-state index contributed by atoms with van der Waals surface area (Å²) < 4.78 is 7.38. The summed E-state index contributed by atoms with van der Waals surface area (Å²) in [5, 5.41) is 16.3. The number of nitrogens with zero attached hydrogens (tertiary/aromatic N) is 2. The molecule has 0 aliphatic carbocycles. The first-order valence-corrected chi connectivity index (χ1v) is 23.5. The molecule has 11 aromatic carbocycles. The van der Waals surface area contributed by atoms with E-state index in [4.69, 9.17) is 4.42 Å². The molecule has 12 aromatic rings. The summed E-state index contributed by atoms with van der Waals surface area (Å²) in [5.74, 6) is 0.710. The fourth-order valence-corrected chi connectivity index (χ4v) is 11.9. The minimum absolute atomic E-state index is 0.139. The van der Waals surface area contributed by atoms with Crippen LogP contribution < -0.4 is 26.4 Å². The average Bonchev–Trinajstić information content (AvgIpc) is 3.74. The van der Waals surface area contributed by atoms with Crippen LogP contribution in [0, 0.1) is 0 Å². The van der Waals surface area contributed by atoms with Gasteiger partial charge in [-0.15, -0.1) is 0 Å². The standard InChI is InChI=1S/C62H45BN2O/c1-36(2)38-28-32-58-52(33-38)61-62(66-58)63-53-34-39(37(3)4)27-31-54(53)64(40-29-30-48-43-17-6-5-15-41(43)42-16-8-10-21-47(42)51(48)35-40)56-25-14-26-57(60(56)63)65(61)55-24-13-23-50-46-19-9-7-18-44(46)45-20-11-12-22-49(45)59(50)55/h5-37H,1-4H3. The topological polar surface area (TPSA) is 19.6 Å². The van der Waals surface area contributed by atoms with Gasteiger partial charge in [-0.2, -0.15) is 0 Å². The lowest BCUT2D eigenvalue weighted by Gasteiger charge is -2.43. The van der Waals surface area contributed by atoms with Gasteiger partial charge in [0, 0.05) is 33.5 Å². The fraction of sp³-hybridized carbons (Fsp3) is 0.0968. The number of fused-ring (bicyclic) bond motifs is 18. The molecule has 0 atom stereocenters. The second-order valence-electron chi connectivity index (χ2n) is 19.1. The molecular formula is C62H45BN2O. The van der Waals surface area contributed by atoms with Crippen molar-refractivity contribution in [3.63, 3.8) is 0 Å². The van der Waals surface area contributed by atoms with Crippen molar-refractivity contribution >= 4 is 133 Å². The first-order chi connectivity index (χ1) is 32.4. The summed E-state index contributed by atoms with van der Waals surface area (Å²) in [6.45, 7) is 9.04. The average molecular weight is 845 g/mol. The van der Waals surface area contributed by atoms with Gasteiger partial charge < -0.3 is 14.2 Å². The monoisotopic (exact) mass is 844 g/mol. The van der Waals surface area contributed by atoms with Crippen molar-refractivity contribution in [1.82, 2.24) is 0 Å². The molecule has 0 spiro atoms. The molecule has 0 saturated carbocycles. The highest BCUT2D eigenvalue weighted by molar-refractivity contribution is 7.00. The van der Waals surface area contributed by atoms with Gasteiger partial charge in [-0.25, -0.2) is 0 Å². The lowest BCUT2D eigenvalue weighted by atomic mass is 9.35. The summed E-state index contributed by atoms with van der Waals surface area (Å²) in [6, 6.07) is 70.6. The highest BCUT2D eigenvalue weighted by Crippen LogP contribution is 2.51. The van der Waals surface area contributed by atoms with Crippen LogP contribution in [0.1, 0.15) is 50.7 Å². The van der Waals surface area contributed by atoms with E-state index in [1.807, 2.05) is 0 Å². The van der Waals surface area contributed by atoms with Crippen LogP contribution in [0.3, 0.4) is 0 Å². The zero-order chi connectivity index (χ0) is 43.9. The highest BCUT2D eigenvalue weighted by atomic mass is 16.3. The molecule has 0 fully saturated rings. The molecule has 66 heavy (non-hydrogen) atoms. The van der Waals surface area contributed by atoms with Gasteiger partial charge in [0.15, 0.2) is 0 Å². The van der Waals surface area contributed by atoms with Crippen LogP contribution >= 0.6 is 0 Å². The zero-order valence-corrected chi connectivity index (χ0v) is 37.4. The van der Waals surface area contributed by atoms with Gasteiger partial charge in [-0.3, -0.25) is 0 Å². The Morgan fingerprint density at radius 3 is 1.48 bits per heavy atom. The maximum absolute atomic E-state index is 7.38. The summed E-state index contributed by atoms with van der Waals surface area (Å²) in [7, 11) is 0. The third kappa shape index (κ3) is 5.10. The van der Waals surface area contributed by atoms with E-state index in [9.17, 15) is 0 Å². The molecule has 14 rings (SSSR count). The molecule has 312 valence electrons. The number of rotatable bonds is 4. The van der Waals surface area contributed by atoms with Crippen molar-refractivity contribution < 1.29 is 4.42 Å². The third-order valence-corrected chi connectivity index (χ3v) is 14.9. The summed E-state index contributed by atoms with van der Waals surface area (Å²) in [6.07, 6.45) is 0. The molecule has 1 aromatic heterocycles. The molecule has 3 heterocycles. The van der Waals surface area contributed by atoms with Crippen LogP contribution in [0.4, 0.5) is 34.1 Å². The predicted octanol–water partition coefficient (Wildman–Crippen LogP) is 15.7. The van der Waals surface area contributed by atoms with Crippen LogP contribution in [0.15, 0.2) is 192 Å². The smallest absolute Gasteiger partial charge is 0.297 e. The Kier molecular flexibility index (Phi) is 7.88. The van der Waals surface area contributed by atoms with Gasteiger partial charge in [-0.05, 0) is 142 Å². The fourth-order valence-electron chi connectivity index (χ4n) is 11.9. The maximum atomic E-state index is 7.38. The summed E-state index contributed by atoms with van der Waals surface area (Å²) in [5.41, 5.74) is 14.0. The Morgan fingerprint density at radius 1 is 0.379 bits per heavy atom. The number of anilines is 6.